The number of hydrogen-bond donors (Lipinski definition) is 4. The Morgan fingerprint density at radius 2 is 1.81 bits per heavy atom. The number of halogens is 3. The standard InChI is InChI=1S/C10H16F3N7O/c11-10(12,13)6(21)5-15-7-16-8(19-14)18-9(17-7)20-3-1-2-4-20/h6,21H,1-5,14H2,(H2,15,16,17,18,19). The van der Waals surface area contributed by atoms with Crippen LogP contribution in [0.5, 0.6) is 0 Å². The molecule has 21 heavy (non-hydrogen) atoms. The van der Waals surface area contributed by atoms with Crippen LogP contribution >= 0.6 is 0 Å². The van der Waals surface area contributed by atoms with E-state index in [1.165, 1.54) is 0 Å². The Morgan fingerprint density at radius 3 is 2.38 bits per heavy atom. The minimum Gasteiger partial charge on any atom is -0.382 e. The van der Waals surface area contributed by atoms with Crippen molar-refractivity contribution in [1.29, 1.82) is 0 Å². The minimum atomic E-state index is -4.70. The molecular weight excluding hydrogens is 291 g/mol. The molecular formula is C10H16F3N7O. The van der Waals surface area contributed by atoms with E-state index in [-0.39, 0.29) is 11.9 Å². The van der Waals surface area contributed by atoms with E-state index in [4.69, 9.17) is 10.9 Å². The number of nitrogens with two attached hydrogens (primary N) is 1. The summed E-state index contributed by atoms with van der Waals surface area (Å²) in [5.41, 5.74) is 2.24. The Bertz CT molecular complexity index is 478. The number of aromatic nitrogens is 3. The predicted octanol–water partition coefficient (Wildman–Crippen LogP) is 0.0925. The van der Waals surface area contributed by atoms with Crippen molar-refractivity contribution in [1.82, 2.24) is 15.0 Å². The number of aliphatic hydroxyl groups excluding tert-OH is 1. The molecule has 2 heterocycles. The summed E-state index contributed by atoms with van der Waals surface area (Å²) >= 11 is 0. The van der Waals surface area contributed by atoms with Gasteiger partial charge in [0, 0.05) is 13.1 Å². The van der Waals surface area contributed by atoms with E-state index < -0.39 is 18.8 Å². The monoisotopic (exact) mass is 307 g/mol. The molecule has 1 fully saturated rings. The fraction of sp³-hybridized carbons (Fsp3) is 0.700. The van der Waals surface area contributed by atoms with Crippen LogP contribution in [-0.2, 0) is 0 Å². The van der Waals surface area contributed by atoms with E-state index in [2.05, 4.69) is 25.7 Å². The van der Waals surface area contributed by atoms with Gasteiger partial charge in [0.1, 0.15) is 0 Å². The number of anilines is 3. The van der Waals surface area contributed by atoms with Crippen molar-refractivity contribution in [3.05, 3.63) is 0 Å². The van der Waals surface area contributed by atoms with Crippen molar-refractivity contribution < 1.29 is 18.3 Å². The van der Waals surface area contributed by atoms with Crippen molar-refractivity contribution in [3.63, 3.8) is 0 Å². The minimum absolute atomic E-state index is 0.0379. The molecule has 1 aromatic rings. The van der Waals surface area contributed by atoms with Gasteiger partial charge in [-0.25, -0.2) is 5.84 Å². The van der Waals surface area contributed by atoms with E-state index in [0.717, 1.165) is 25.9 Å². The third-order valence-electron chi connectivity index (χ3n) is 2.97. The molecule has 11 heteroatoms. The zero-order valence-electron chi connectivity index (χ0n) is 11.1. The maximum absolute atomic E-state index is 12.2. The van der Waals surface area contributed by atoms with Crippen LogP contribution in [0.1, 0.15) is 12.8 Å². The summed E-state index contributed by atoms with van der Waals surface area (Å²) in [5, 5.41) is 11.3. The maximum Gasteiger partial charge on any atom is 0.416 e. The lowest BCUT2D eigenvalue weighted by Gasteiger charge is -2.18. The summed E-state index contributed by atoms with van der Waals surface area (Å²) in [7, 11) is 0. The van der Waals surface area contributed by atoms with Crippen molar-refractivity contribution in [2.45, 2.75) is 25.1 Å². The van der Waals surface area contributed by atoms with Gasteiger partial charge in [-0.3, -0.25) is 5.43 Å². The molecule has 1 aliphatic rings. The summed E-state index contributed by atoms with van der Waals surface area (Å²) < 4.78 is 36.7. The number of hydrazine groups is 1. The van der Waals surface area contributed by atoms with Gasteiger partial charge in [-0.05, 0) is 12.8 Å². The van der Waals surface area contributed by atoms with E-state index >= 15 is 0 Å². The Hall–Kier alpha value is -1.88. The first-order valence-corrected chi connectivity index (χ1v) is 6.36. The van der Waals surface area contributed by atoms with E-state index in [0.29, 0.717) is 5.95 Å². The average molecular weight is 307 g/mol. The van der Waals surface area contributed by atoms with Crippen LogP contribution in [0.3, 0.4) is 0 Å². The third-order valence-corrected chi connectivity index (χ3v) is 2.97. The Morgan fingerprint density at radius 1 is 1.19 bits per heavy atom. The molecule has 118 valence electrons. The summed E-state index contributed by atoms with van der Waals surface area (Å²) in [6, 6.07) is 0. The fourth-order valence-corrected chi connectivity index (χ4v) is 1.87. The summed E-state index contributed by atoms with van der Waals surface area (Å²) in [5.74, 6) is 5.52. The van der Waals surface area contributed by atoms with Gasteiger partial charge < -0.3 is 15.3 Å². The summed E-state index contributed by atoms with van der Waals surface area (Å²) in [4.78, 5) is 13.8. The van der Waals surface area contributed by atoms with Crippen LogP contribution in [0, 0.1) is 0 Å². The van der Waals surface area contributed by atoms with Gasteiger partial charge in [0.25, 0.3) is 0 Å². The second kappa shape index (κ2) is 6.26. The lowest BCUT2D eigenvalue weighted by atomic mass is 10.3. The first-order chi connectivity index (χ1) is 9.90. The Labute approximate surface area is 118 Å². The number of nitrogen functional groups attached to an aromatic ring is 1. The molecule has 0 bridgehead atoms. The summed E-state index contributed by atoms with van der Waals surface area (Å²) in [6.07, 6.45) is -5.22. The second-order valence-electron chi connectivity index (χ2n) is 4.56. The van der Waals surface area contributed by atoms with E-state index in [1.807, 2.05) is 4.90 Å². The van der Waals surface area contributed by atoms with Gasteiger partial charge in [0.2, 0.25) is 17.8 Å². The normalized spacial score (nSPS) is 16.9. The maximum atomic E-state index is 12.2. The van der Waals surface area contributed by atoms with E-state index in [1.54, 1.807) is 0 Å². The lowest BCUT2D eigenvalue weighted by Crippen LogP contribution is -2.35. The van der Waals surface area contributed by atoms with Gasteiger partial charge >= 0.3 is 6.18 Å². The zero-order valence-corrected chi connectivity index (χ0v) is 11.1. The van der Waals surface area contributed by atoms with Gasteiger partial charge in [0.15, 0.2) is 6.10 Å². The van der Waals surface area contributed by atoms with Crippen LogP contribution in [0.15, 0.2) is 0 Å². The van der Waals surface area contributed by atoms with Gasteiger partial charge in [0.05, 0.1) is 6.54 Å². The molecule has 0 spiro atoms. The highest BCUT2D eigenvalue weighted by atomic mass is 19.4. The number of nitrogens with zero attached hydrogens (tertiary/aromatic N) is 4. The van der Waals surface area contributed by atoms with Crippen molar-refractivity contribution in [2.24, 2.45) is 5.84 Å². The SMILES string of the molecule is NNc1nc(NCC(O)C(F)(F)F)nc(N2CCCC2)n1. The molecule has 0 radical (unpaired) electrons. The molecule has 1 atom stereocenters. The molecule has 0 saturated carbocycles. The molecule has 5 N–H and O–H groups in total. The number of hydrogen-bond acceptors (Lipinski definition) is 8. The first kappa shape index (κ1) is 15.5. The molecule has 1 aromatic heterocycles. The average Bonchev–Trinajstić information content (AvgIpc) is 2.97. The Balaban J connectivity index is 2.09. The molecule has 1 saturated heterocycles. The molecule has 0 amide bonds. The topological polar surface area (TPSA) is 112 Å². The molecule has 2 rings (SSSR count). The number of rotatable bonds is 5. The first-order valence-electron chi connectivity index (χ1n) is 6.36. The largest absolute Gasteiger partial charge is 0.416 e. The number of nitrogens with one attached hydrogen (secondary N) is 2. The Kier molecular flexibility index (Phi) is 4.63. The smallest absolute Gasteiger partial charge is 0.382 e. The quantitative estimate of drug-likeness (QED) is 0.447. The molecule has 0 aliphatic carbocycles. The molecule has 1 aliphatic heterocycles. The highest BCUT2D eigenvalue weighted by Crippen LogP contribution is 2.21. The lowest BCUT2D eigenvalue weighted by molar-refractivity contribution is -0.198. The van der Waals surface area contributed by atoms with Crippen LogP contribution in [0.2, 0.25) is 0 Å². The zero-order chi connectivity index (χ0) is 15.5. The van der Waals surface area contributed by atoms with Crippen LogP contribution in [-0.4, -0.2) is 52.0 Å². The fourth-order valence-electron chi connectivity index (χ4n) is 1.87. The van der Waals surface area contributed by atoms with Gasteiger partial charge in [-0.2, -0.15) is 28.1 Å². The third kappa shape index (κ3) is 4.04. The van der Waals surface area contributed by atoms with Crippen molar-refractivity contribution >= 4 is 17.8 Å². The number of alkyl halides is 3. The van der Waals surface area contributed by atoms with Gasteiger partial charge in [-0.15, -0.1) is 0 Å². The highest BCUT2D eigenvalue weighted by molar-refractivity contribution is 5.43. The van der Waals surface area contributed by atoms with Gasteiger partial charge in [-0.1, -0.05) is 0 Å². The van der Waals surface area contributed by atoms with Crippen LogP contribution < -0.4 is 21.5 Å². The molecule has 0 aromatic carbocycles. The van der Waals surface area contributed by atoms with Crippen molar-refractivity contribution in [3.8, 4) is 0 Å². The molecule has 1 unspecified atom stereocenters. The highest BCUT2D eigenvalue weighted by Gasteiger charge is 2.38. The van der Waals surface area contributed by atoms with Crippen molar-refractivity contribution in [2.75, 3.05) is 35.3 Å². The molecule has 8 nitrogen and oxygen atoms in total. The number of aliphatic hydroxyl groups is 1. The van der Waals surface area contributed by atoms with Crippen LogP contribution in [0.25, 0.3) is 0 Å². The van der Waals surface area contributed by atoms with E-state index in [9.17, 15) is 13.2 Å². The second-order valence-corrected chi connectivity index (χ2v) is 4.56. The summed E-state index contributed by atoms with van der Waals surface area (Å²) in [6.45, 7) is 0.772. The van der Waals surface area contributed by atoms with Crippen LogP contribution in [0.4, 0.5) is 31.0 Å². The predicted molar refractivity (Wildman–Crippen MR) is 69.6 cm³/mol.